The molecule has 0 fully saturated rings. The number of carbonyl (C=O) groups excluding carboxylic acids is 1. The maximum Gasteiger partial charge on any atom is 0.253 e. The Bertz CT molecular complexity index is 1080. The molecule has 0 amide bonds. The van der Waals surface area contributed by atoms with Crippen LogP contribution in [0, 0.1) is 5.92 Å². The highest BCUT2D eigenvalue weighted by molar-refractivity contribution is 7.99. The predicted molar refractivity (Wildman–Crippen MR) is 116 cm³/mol. The Labute approximate surface area is 180 Å². The van der Waals surface area contributed by atoms with E-state index in [0.717, 1.165) is 23.4 Å². The first-order valence-corrected chi connectivity index (χ1v) is 11.1. The Morgan fingerprint density at radius 3 is 2.70 bits per heavy atom. The average Bonchev–Trinajstić information content (AvgIpc) is 3.13. The highest BCUT2D eigenvalue weighted by Gasteiger charge is 2.29. The molecule has 1 atom stereocenters. The van der Waals surface area contributed by atoms with Crippen LogP contribution in [0.1, 0.15) is 54.2 Å². The van der Waals surface area contributed by atoms with Crippen LogP contribution >= 0.6 is 11.8 Å². The molecule has 4 rings (SSSR count). The van der Waals surface area contributed by atoms with Gasteiger partial charge in [0.15, 0.2) is 17.3 Å². The van der Waals surface area contributed by atoms with Gasteiger partial charge in [-0.15, -0.1) is 5.10 Å². The molecule has 30 heavy (non-hydrogen) atoms. The Morgan fingerprint density at radius 1 is 1.17 bits per heavy atom. The first-order valence-electron chi connectivity index (χ1n) is 10.1. The summed E-state index contributed by atoms with van der Waals surface area (Å²) in [6, 6.07) is 5.81. The van der Waals surface area contributed by atoms with Crippen molar-refractivity contribution in [1.29, 1.82) is 0 Å². The number of methoxy groups -OCH3 is 2. The summed E-state index contributed by atoms with van der Waals surface area (Å²) in [5.74, 6) is 3.62. The summed E-state index contributed by atoms with van der Waals surface area (Å²) in [4.78, 5) is 22.1. The first kappa shape index (κ1) is 20.7. The smallest absolute Gasteiger partial charge is 0.253 e. The molecule has 2 heterocycles. The van der Waals surface area contributed by atoms with Gasteiger partial charge in [0.05, 0.1) is 25.5 Å². The topological polar surface area (TPSA) is 78.6 Å². The van der Waals surface area contributed by atoms with Crippen molar-refractivity contribution in [3.05, 3.63) is 41.2 Å². The Kier molecular flexibility index (Phi) is 5.94. The third-order valence-electron chi connectivity index (χ3n) is 5.37. The molecule has 2 aromatic heterocycles. The molecule has 0 aliphatic heterocycles. The van der Waals surface area contributed by atoms with E-state index in [1.807, 2.05) is 18.2 Å². The number of fused-ring (bicyclic) bond motifs is 2. The van der Waals surface area contributed by atoms with Gasteiger partial charge >= 0.3 is 0 Å². The fraction of sp³-hybridized carbons (Fsp3) is 0.455. The number of benzene rings is 1. The normalized spacial score (nSPS) is 16.2. The maximum atomic E-state index is 12.9. The lowest BCUT2D eigenvalue weighted by Crippen LogP contribution is -2.21. The van der Waals surface area contributed by atoms with Crippen LogP contribution in [0.25, 0.3) is 5.78 Å². The second-order valence-corrected chi connectivity index (χ2v) is 8.98. The number of Topliss-reactive ketones (excluding diaryl/α,β-unsaturated/α-hetero) is 1. The third kappa shape index (κ3) is 4.14. The molecule has 0 saturated carbocycles. The number of nitrogens with zero attached hydrogens (tertiary/aromatic N) is 4. The monoisotopic (exact) mass is 426 g/mol. The van der Waals surface area contributed by atoms with Crippen molar-refractivity contribution in [1.82, 2.24) is 19.6 Å². The van der Waals surface area contributed by atoms with Crippen LogP contribution in [0.2, 0.25) is 0 Å². The van der Waals surface area contributed by atoms with E-state index in [4.69, 9.17) is 9.47 Å². The zero-order valence-corrected chi connectivity index (χ0v) is 18.5. The fourth-order valence-corrected chi connectivity index (χ4v) is 4.72. The van der Waals surface area contributed by atoms with Gasteiger partial charge in [0.2, 0.25) is 5.16 Å². The average molecular weight is 427 g/mol. The molecule has 0 bridgehead atoms. The van der Waals surface area contributed by atoms with Crippen molar-refractivity contribution in [2.75, 3.05) is 20.0 Å². The summed E-state index contributed by atoms with van der Waals surface area (Å²) in [7, 11) is 3.23. The molecule has 8 heteroatoms. The van der Waals surface area contributed by atoms with Crippen LogP contribution < -0.4 is 9.47 Å². The van der Waals surface area contributed by atoms with Crippen molar-refractivity contribution >= 4 is 23.3 Å². The van der Waals surface area contributed by atoms with Gasteiger partial charge in [0.1, 0.15) is 0 Å². The second-order valence-electron chi connectivity index (χ2n) is 7.91. The van der Waals surface area contributed by atoms with E-state index in [-0.39, 0.29) is 11.7 Å². The van der Waals surface area contributed by atoms with Crippen molar-refractivity contribution in [3.63, 3.8) is 0 Å². The lowest BCUT2D eigenvalue weighted by Gasteiger charge is -2.23. The van der Waals surface area contributed by atoms with Gasteiger partial charge in [0.25, 0.3) is 5.78 Å². The zero-order chi connectivity index (χ0) is 21.3. The van der Waals surface area contributed by atoms with Gasteiger partial charge < -0.3 is 9.47 Å². The lowest BCUT2D eigenvalue weighted by molar-refractivity contribution is 0.0962. The van der Waals surface area contributed by atoms with E-state index in [1.165, 1.54) is 0 Å². The fourth-order valence-electron chi connectivity index (χ4n) is 3.65. The molecule has 0 radical (unpaired) electrons. The molecule has 3 aromatic rings. The predicted octanol–water partition coefficient (Wildman–Crippen LogP) is 4.19. The van der Waals surface area contributed by atoms with Crippen LogP contribution in [0.3, 0.4) is 0 Å². The number of hydrogen-bond donors (Lipinski definition) is 0. The van der Waals surface area contributed by atoms with Crippen LogP contribution in [0.5, 0.6) is 11.5 Å². The number of ketones is 1. The minimum atomic E-state index is 0.0440. The summed E-state index contributed by atoms with van der Waals surface area (Å²) in [5, 5.41) is 5.20. The molecule has 1 aromatic carbocycles. The zero-order valence-electron chi connectivity index (χ0n) is 17.7. The van der Waals surface area contributed by atoms with Gasteiger partial charge in [0, 0.05) is 18.4 Å². The summed E-state index contributed by atoms with van der Waals surface area (Å²) in [5.41, 5.74) is 2.47. The quantitative estimate of drug-likeness (QED) is 0.524. The van der Waals surface area contributed by atoms with Gasteiger partial charge in [-0.1, -0.05) is 31.7 Å². The molecule has 0 saturated heterocycles. The Balaban J connectivity index is 1.60. The Morgan fingerprint density at radius 2 is 1.97 bits per heavy atom. The van der Waals surface area contributed by atoms with E-state index in [9.17, 15) is 4.79 Å². The van der Waals surface area contributed by atoms with Gasteiger partial charge in [-0.2, -0.15) is 4.98 Å². The van der Waals surface area contributed by atoms with E-state index in [0.29, 0.717) is 46.8 Å². The van der Waals surface area contributed by atoms with E-state index in [2.05, 4.69) is 28.9 Å². The molecule has 0 N–H and O–H groups in total. The molecular formula is C22H26N4O3S. The summed E-state index contributed by atoms with van der Waals surface area (Å²) >= 11 is 1.63. The summed E-state index contributed by atoms with van der Waals surface area (Å²) < 4.78 is 12.4. The van der Waals surface area contributed by atoms with Gasteiger partial charge in [-0.05, 0) is 42.4 Å². The summed E-state index contributed by atoms with van der Waals surface area (Å²) in [6.07, 6.45) is 4.00. The van der Waals surface area contributed by atoms with Gasteiger partial charge in [-0.25, -0.2) is 9.50 Å². The number of aromatic nitrogens is 4. The van der Waals surface area contributed by atoms with Crippen LogP contribution in [0.4, 0.5) is 0 Å². The molecule has 0 spiro atoms. The molecule has 158 valence electrons. The van der Waals surface area contributed by atoms with Crippen molar-refractivity contribution in [2.24, 2.45) is 5.92 Å². The van der Waals surface area contributed by atoms with E-state index >= 15 is 0 Å². The maximum absolute atomic E-state index is 12.9. The number of carbonyl (C=O) groups is 1. The SMILES string of the molecule is COc1ccc([C@H]2CC(=O)c3cn4nc(SCCC(C)C)nc4nc3C2)cc1OC. The van der Waals surface area contributed by atoms with Crippen LogP contribution in [0.15, 0.2) is 29.6 Å². The highest BCUT2D eigenvalue weighted by Crippen LogP contribution is 2.36. The molecule has 0 unspecified atom stereocenters. The second kappa shape index (κ2) is 8.63. The summed E-state index contributed by atoms with van der Waals surface area (Å²) in [6.45, 7) is 4.40. The van der Waals surface area contributed by atoms with E-state index < -0.39 is 0 Å². The largest absolute Gasteiger partial charge is 0.493 e. The minimum Gasteiger partial charge on any atom is -0.493 e. The van der Waals surface area contributed by atoms with Crippen molar-refractivity contribution in [2.45, 2.75) is 44.2 Å². The van der Waals surface area contributed by atoms with Crippen LogP contribution in [-0.2, 0) is 6.42 Å². The standard InChI is InChI=1S/C22H26N4O3S/c1-13(2)7-8-30-22-24-21-23-17-9-15(10-18(27)16(17)12-26(21)25-22)14-5-6-19(28-3)20(11-14)29-4/h5-6,11-13,15H,7-10H2,1-4H3/t15-/m1/s1. The number of ether oxygens (including phenoxy) is 2. The molecule has 1 aliphatic carbocycles. The van der Waals surface area contributed by atoms with E-state index in [1.54, 1.807) is 36.7 Å². The first-order chi connectivity index (χ1) is 14.5. The highest BCUT2D eigenvalue weighted by atomic mass is 32.2. The number of hydrogen-bond acceptors (Lipinski definition) is 7. The number of rotatable bonds is 7. The van der Waals surface area contributed by atoms with Crippen molar-refractivity contribution < 1.29 is 14.3 Å². The molecular weight excluding hydrogens is 400 g/mol. The molecule has 7 nitrogen and oxygen atoms in total. The minimum absolute atomic E-state index is 0.0440. The van der Waals surface area contributed by atoms with Gasteiger partial charge in [-0.3, -0.25) is 4.79 Å². The van der Waals surface area contributed by atoms with Crippen LogP contribution in [-0.4, -0.2) is 45.3 Å². The molecule has 1 aliphatic rings. The lowest BCUT2D eigenvalue weighted by atomic mass is 9.82. The van der Waals surface area contributed by atoms with Crippen molar-refractivity contribution in [3.8, 4) is 11.5 Å². The number of thioether (sulfide) groups is 1. The Hall–Kier alpha value is -2.61. The third-order valence-corrected chi connectivity index (χ3v) is 6.24.